The van der Waals surface area contributed by atoms with Crippen LogP contribution in [0.2, 0.25) is 0 Å². The lowest BCUT2D eigenvalue weighted by molar-refractivity contribution is 0.530. The number of nitrogens with zero attached hydrogens (tertiary/aromatic N) is 3. The molecule has 4 nitrogen and oxygen atoms in total. The summed E-state index contributed by atoms with van der Waals surface area (Å²) in [4.78, 5) is 18.0. The van der Waals surface area contributed by atoms with Gasteiger partial charge in [-0.1, -0.05) is 44.2 Å². The topological polar surface area (TPSA) is 39.8 Å². The summed E-state index contributed by atoms with van der Waals surface area (Å²) in [5.41, 5.74) is 4.52. The number of hydrogen-bond acceptors (Lipinski definition) is 2. The molecule has 0 fully saturated rings. The van der Waals surface area contributed by atoms with Gasteiger partial charge in [-0.15, -0.1) is 0 Å². The maximum absolute atomic E-state index is 13.0. The molecule has 2 aromatic carbocycles. The Labute approximate surface area is 151 Å². The first-order valence-corrected chi connectivity index (χ1v) is 9.25. The summed E-state index contributed by atoms with van der Waals surface area (Å²) in [6.07, 6.45) is 0.869. The quantitative estimate of drug-likeness (QED) is 0.546. The third-order valence-corrected chi connectivity index (χ3v) is 5.28. The second-order valence-corrected chi connectivity index (χ2v) is 7.51. The lowest BCUT2D eigenvalue weighted by atomic mass is 10.0. The molecule has 0 aliphatic carbocycles. The molecule has 0 atom stereocenters. The van der Waals surface area contributed by atoms with Gasteiger partial charge in [0.2, 0.25) is 0 Å². The number of aryl methyl sites for hydroxylation is 1. The van der Waals surface area contributed by atoms with Crippen molar-refractivity contribution in [3.8, 4) is 11.5 Å². The highest BCUT2D eigenvalue weighted by molar-refractivity contribution is 5.92. The molecule has 4 aromatic rings. The Hall–Kier alpha value is -2.88. The highest BCUT2D eigenvalue weighted by Gasteiger charge is 2.27. The van der Waals surface area contributed by atoms with Crippen LogP contribution in [0.25, 0.3) is 33.3 Å². The van der Waals surface area contributed by atoms with Crippen LogP contribution in [0.15, 0.2) is 53.3 Å². The van der Waals surface area contributed by atoms with Crippen molar-refractivity contribution in [2.24, 2.45) is 5.92 Å². The molecule has 0 spiro atoms. The number of aromatic nitrogens is 3. The maximum atomic E-state index is 13.0. The van der Waals surface area contributed by atoms with Crippen molar-refractivity contribution in [3.05, 3.63) is 64.4 Å². The van der Waals surface area contributed by atoms with E-state index in [9.17, 15) is 4.79 Å². The van der Waals surface area contributed by atoms with Crippen LogP contribution in [-0.4, -0.2) is 14.1 Å². The monoisotopic (exact) mass is 343 g/mol. The molecule has 2 aromatic heterocycles. The largest absolute Gasteiger partial charge is 0.337 e. The van der Waals surface area contributed by atoms with Gasteiger partial charge in [0, 0.05) is 24.0 Å². The Morgan fingerprint density at radius 2 is 1.77 bits per heavy atom. The van der Waals surface area contributed by atoms with E-state index < -0.39 is 0 Å². The first kappa shape index (κ1) is 15.4. The molecule has 0 saturated heterocycles. The zero-order chi connectivity index (χ0) is 17.8. The van der Waals surface area contributed by atoms with E-state index in [0.717, 1.165) is 30.0 Å². The van der Waals surface area contributed by atoms with Gasteiger partial charge >= 0.3 is 0 Å². The number of hydrogen-bond donors (Lipinski definition) is 0. The zero-order valence-electron chi connectivity index (χ0n) is 15.1. The van der Waals surface area contributed by atoms with E-state index in [-0.39, 0.29) is 5.56 Å². The fourth-order valence-electron chi connectivity index (χ4n) is 4.22. The van der Waals surface area contributed by atoms with Gasteiger partial charge in [0.25, 0.3) is 5.56 Å². The van der Waals surface area contributed by atoms with Crippen molar-refractivity contribution >= 4 is 21.8 Å². The summed E-state index contributed by atoms with van der Waals surface area (Å²) in [6.45, 7) is 6.06. The molecule has 0 unspecified atom stereocenters. The van der Waals surface area contributed by atoms with Crippen molar-refractivity contribution in [1.29, 1.82) is 0 Å². The third-order valence-electron chi connectivity index (χ3n) is 5.28. The minimum Gasteiger partial charge on any atom is -0.337 e. The number of fused-ring (bicyclic) bond motifs is 6. The van der Waals surface area contributed by atoms with Gasteiger partial charge in [0.15, 0.2) is 5.82 Å². The van der Waals surface area contributed by atoms with Crippen LogP contribution in [0.1, 0.15) is 19.4 Å². The minimum absolute atomic E-state index is 0.0672. The van der Waals surface area contributed by atoms with E-state index in [0.29, 0.717) is 17.8 Å². The number of para-hydroxylation sites is 2. The lowest BCUT2D eigenvalue weighted by Crippen LogP contribution is -2.28. The van der Waals surface area contributed by atoms with E-state index in [1.54, 1.807) is 0 Å². The van der Waals surface area contributed by atoms with E-state index >= 15 is 0 Å². The van der Waals surface area contributed by atoms with E-state index in [1.165, 1.54) is 16.5 Å². The van der Waals surface area contributed by atoms with Crippen molar-refractivity contribution < 1.29 is 0 Å². The molecule has 3 heterocycles. The van der Waals surface area contributed by atoms with Crippen molar-refractivity contribution in [2.45, 2.75) is 33.4 Å². The molecule has 1 aliphatic rings. The Bertz CT molecular complexity index is 1210. The molecule has 4 heteroatoms. The number of rotatable bonds is 2. The van der Waals surface area contributed by atoms with Gasteiger partial charge in [0.05, 0.1) is 16.6 Å². The van der Waals surface area contributed by atoms with Gasteiger partial charge < -0.3 is 4.57 Å². The van der Waals surface area contributed by atoms with Crippen LogP contribution in [0.3, 0.4) is 0 Å². The summed E-state index contributed by atoms with van der Waals surface area (Å²) in [5, 5.41) is 1.99. The molecular weight excluding hydrogens is 322 g/mol. The highest BCUT2D eigenvalue weighted by atomic mass is 16.1. The predicted molar refractivity (Wildman–Crippen MR) is 105 cm³/mol. The first-order chi connectivity index (χ1) is 12.6. The van der Waals surface area contributed by atoms with Crippen LogP contribution >= 0.6 is 0 Å². The molecule has 0 bridgehead atoms. The summed E-state index contributed by atoms with van der Waals surface area (Å²) in [5.74, 6) is 1.32. The zero-order valence-corrected chi connectivity index (χ0v) is 15.1. The Balaban J connectivity index is 1.91. The second-order valence-electron chi connectivity index (χ2n) is 7.51. The summed E-state index contributed by atoms with van der Waals surface area (Å²) >= 11 is 0. The molecular formula is C22H21N3O. The van der Waals surface area contributed by atoms with Gasteiger partial charge in [-0.3, -0.25) is 9.36 Å². The molecule has 1 aliphatic heterocycles. The average molecular weight is 343 g/mol. The van der Waals surface area contributed by atoms with Crippen molar-refractivity contribution in [2.75, 3.05) is 0 Å². The maximum Gasteiger partial charge on any atom is 0.261 e. The second kappa shape index (κ2) is 5.56. The standard InChI is InChI=1S/C22H21N3O/c1-14(2)13-25-19-10-6-4-7-15(19)16-11-12-24-21(20(16)25)23-18-9-5-3-8-17(18)22(24)26/h3-10,14H,11-13H2,1-2H3. The normalized spacial score (nSPS) is 13.3. The van der Waals surface area contributed by atoms with E-state index in [1.807, 2.05) is 28.8 Å². The minimum atomic E-state index is 0.0672. The fourth-order valence-corrected chi connectivity index (χ4v) is 4.22. The smallest absolute Gasteiger partial charge is 0.261 e. The summed E-state index contributed by atoms with van der Waals surface area (Å²) in [6, 6.07) is 16.2. The number of benzene rings is 2. The van der Waals surface area contributed by atoms with Gasteiger partial charge in [-0.2, -0.15) is 0 Å². The van der Waals surface area contributed by atoms with Crippen LogP contribution < -0.4 is 5.56 Å². The van der Waals surface area contributed by atoms with Gasteiger partial charge in [0.1, 0.15) is 0 Å². The molecule has 5 rings (SSSR count). The molecule has 0 N–H and O–H groups in total. The highest BCUT2D eigenvalue weighted by Crippen LogP contribution is 2.37. The summed E-state index contributed by atoms with van der Waals surface area (Å²) < 4.78 is 4.22. The van der Waals surface area contributed by atoms with Crippen LogP contribution in [-0.2, 0) is 19.5 Å². The molecule has 0 amide bonds. The van der Waals surface area contributed by atoms with Gasteiger partial charge in [-0.05, 0) is 36.1 Å². The van der Waals surface area contributed by atoms with Crippen molar-refractivity contribution in [1.82, 2.24) is 14.1 Å². The van der Waals surface area contributed by atoms with Crippen LogP contribution in [0.4, 0.5) is 0 Å². The molecule has 26 heavy (non-hydrogen) atoms. The van der Waals surface area contributed by atoms with Gasteiger partial charge in [-0.25, -0.2) is 4.98 Å². The Morgan fingerprint density at radius 3 is 2.58 bits per heavy atom. The Kier molecular flexibility index (Phi) is 3.29. The van der Waals surface area contributed by atoms with Crippen molar-refractivity contribution in [3.63, 3.8) is 0 Å². The first-order valence-electron chi connectivity index (χ1n) is 9.25. The predicted octanol–water partition coefficient (Wildman–Crippen LogP) is 4.23. The Morgan fingerprint density at radius 1 is 1.04 bits per heavy atom. The SMILES string of the molecule is CC(C)Cn1c2c(c3ccccc31)CCn1c-2nc2ccccc2c1=O. The fraction of sp³-hybridized carbons (Fsp3) is 0.273. The molecule has 0 radical (unpaired) electrons. The molecule has 0 saturated carbocycles. The van der Waals surface area contributed by atoms with E-state index in [4.69, 9.17) is 4.98 Å². The summed E-state index contributed by atoms with van der Waals surface area (Å²) in [7, 11) is 0. The average Bonchev–Trinajstić information content (AvgIpc) is 2.96. The lowest BCUT2D eigenvalue weighted by Gasteiger charge is -2.22. The third kappa shape index (κ3) is 2.08. The molecule has 130 valence electrons. The van der Waals surface area contributed by atoms with Crippen LogP contribution in [0, 0.1) is 5.92 Å². The van der Waals surface area contributed by atoms with Crippen LogP contribution in [0.5, 0.6) is 0 Å². The van der Waals surface area contributed by atoms with E-state index in [2.05, 4.69) is 42.7 Å².